The number of fused-ring (bicyclic) bond motifs is 1. The van der Waals surface area contributed by atoms with Gasteiger partial charge in [-0.25, -0.2) is 9.78 Å². The largest absolute Gasteiger partial charge is 0.497 e. The highest BCUT2D eigenvalue weighted by Gasteiger charge is 2.16. The fourth-order valence-corrected chi connectivity index (χ4v) is 4.61. The molecule has 9 heteroatoms. The number of benzene rings is 2. The van der Waals surface area contributed by atoms with Crippen LogP contribution < -0.4 is 10.3 Å². The highest BCUT2D eigenvalue weighted by atomic mass is 32.1. The Morgan fingerprint density at radius 3 is 2.61 bits per heavy atom. The van der Waals surface area contributed by atoms with Gasteiger partial charge in [-0.2, -0.15) is 0 Å². The van der Waals surface area contributed by atoms with Gasteiger partial charge >= 0.3 is 5.97 Å². The average molecular weight is 507 g/mol. The fraction of sp³-hybridized carbons (Fsp3) is 0.259. The summed E-state index contributed by atoms with van der Waals surface area (Å²) in [5.74, 6) is 0.204. The summed E-state index contributed by atoms with van der Waals surface area (Å²) in [6.07, 6.45) is 0.736. The van der Waals surface area contributed by atoms with Gasteiger partial charge in [0, 0.05) is 12.0 Å². The van der Waals surface area contributed by atoms with Crippen LogP contribution in [0.1, 0.15) is 51.0 Å². The molecule has 0 unspecified atom stereocenters. The molecule has 2 aromatic carbocycles. The van der Waals surface area contributed by atoms with Gasteiger partial charge < -0.3 is 19.2 Å². The quantitative estimate of drug-likeness (QED) is 0.232. The zero-order valence-corrected chi connectivity index (χ0v) is 20.9. The van der Waals surface area contributed by atoms with Crippen molar-refractivity contribution in [3.63, 3.8) is 0 Å². The monoisotopic (exact) mass is 506 g/mol. The summed E-state index contributed by atoms with van der Waals surface area (Å²) in [7, 11) is 1.60. The van der Waals surface area contributed by atoms with Crippen LogP contribution in [0.3, 0.4) is 0 Å². The number of nitrogens with zero attached hydrogens (tertiary/aromatic N) is 1. The van der Waals surface area contributed by atoms with E-state index in [9.17, 15) is 14.4 Å². The zero-order chi connectivity index (χ0) is 25.5. The number of aryl methyl sites for hydroxylation is 1. The minimum absolute atomic E-state index is 0.0615. The number of esters is 1. The van der Waals surface area contributed by atoms with E-state index in [1.165, 1.54) is 11.3 Å². The molecule has 0 fully saturated rings. The first kappa shape index (κ1) is 25.3. The van der Waals surface area contributed by atoms with Crippen molar-refractivity contribution in [2.24, 2.45) is 0 Å². The van der Waals surface area contributed by atoms with E-state index in [-0.39, 0.29) is 36.2 Å². The molecule has 4 aromatic rings. The lowest BCUT2D eigenvalue weighted by Crippen LogP contribution is -2.16. The standard InChI is InChI=1S/C27H26N2O6S/c1-3-35-27(32)19-10-7-18(8-11-19)14-34-15-20-16-36-26-23(20)25(31)28-24(29-26)22(30)12-9-17-5-4-6-21(13-17)33-2/h4-8,10-11,13,16H,3,9,12,14-15H2,1-2H3,(H,28,29,31). The number of ketones is 1. The highest BCUT2D eigenvalue weighted by Crippen LogP contribution is 2.23. The van der Waals surface area contributed by atoms with Crippen LogP contribution >= 0.6 is 11.3 Å². The maximum Gasteiger partial charge on any atom is 0.338 e. The van der Waals surface area contributed by atoms with Gasteiger partial charge in [0.15, 0.2) is 11.6 Å². The predicted octanol–water partition coefficient (Wildman–Crippen LogP) is 4.70. The van der Waals surface area contributed by atoms with Crippen LogP contribution in [0.15, 0.2) is 58.7 Å². The Hall–Kier alpha value is -3.82. The number of carbonyl (C=O) groups excluding carboxylic acids is 2. The van der Waals surface area contributed by atoms with E-state index in [0.29, 0.717) is 41.0 Å². The van der Waals surface area contributed by atoms with E-state index in [1.807, 2.05) is 29.6 Å². The second-order valence-electron chi connectivity index (χ2n) is 8.04. The lowest BCUT2D eigenvalue weighted by Gasteiger charge is -2.06. The van der Waals surface area contributed by atoms with Crippen molar-refractivity contribution < 1.29 is 23.8 Å². The summed E-state index contributed by atoms with van der Waals surface area (Å²) in [6.45, 7) is 2.61. The Kier molecular flexibility index (Phi) is 8.24. The van der Waals surface area contributed by atoms with Gasteiger partial charge in [-0.05, 0) is 54.1 Å². The van der Waals surface area contributed by atoms with Gasteiger partial charge in [-0.15, -0.1) is 11.3 Å². The number of aromatic nitrogens is 2. The smallest absolute Gasteiger partial charge is 0.338 e. The fourth-order valence-electron chi connectivity index (χ4n) is 3.68. The summed E-state index contributed by atoms with van der Waals surface area (Å²) >= 11 is 1.30. The lowest BCUT2D eigenvalue weighted by atomic mass is 10.1. The van der Waals surface area contributed by atoms with E-state index in [4.69, 9.17) is 14.2 Å². The van der Waals surface area contributed by atoms with Crippen molar-refractivity contribution in [1.29, 1.82) is 0 Å². The zero-order valence-electron chi connectivity index (χ0n) is 20.0. The molecule has 0 radical (unpaired) electrons. The van der Waals surface area contributed by atoms with Gasteiger partial charge in [0.25, 0.3) is 5.56 Å². The first-order valence-corrected chi connectivity index (χ1v) is 12.4. The third kappa shape index (κ3) is 6.05. The number of aromatic amines is 1. The molecule has 1 N–H and O–H groups in total. The molecule has 4 rings (SSSR count). The van der Waals surface area contributed by atoms with Crippen LogP contribution in [0.2, 0.25) is 0 Å². The molecule has 186 valence electrons. The average Bonchev–Trinajstić information content (AvgIpc) is 3.31. The van der Waals surface area contributed by atoms with Crippen molar-refractivity contribution in [2.75, 3.05) is 13.7 Å². The molecule has 0 saturated heterocycles. The normalized spacial score (nSPS) is 10.9. The maximum absolute atomic E-state index is 12.8. The van der Waals surface area contributed by atoms with Gasteiger partial charge in [-0.1, -0.05) is 24.3 Å². The summed E-state index contributed by atoms with van der Waals surface area (Å²) < 4.78 is 16.0. The number of methoxy groups -OCH3 is 1. The molecule has 8 nitrogen and oxygen atoms in total. The van der Waals surface area contributed by atoms with Crippen molar-refractivity contribution in [3.8, 4) is 5.75 Å². The van der Waals surface area contributed by atoms with Crippen molar-refractivity contribution >= 4 is 33.3 Å². The van der Waals surface area contributed by atoms with Crippen molar-refractivity contribution in [3.05, 3.63) is 92.3 Å². The van der Waals surface area contributed by atoms with Crippen molar-refractivity contribution in [1.82, 2.24) is 9.97 Å². The molecule has 2 aromatic heterocycles. The van der Waals surface area contributed by atoms with E-state index >= 15 is 0 Å². The minimum Gasteiger partial charge on any atom is -0.497 e. The molecule has 36 heavy (non-hydrogen) atoms. The topological polar surface area (TPSA) is 108 Å². The van der Waals surface area contributed by atoms with Crippen LogP contribution in [0, 0.1) is 0 Å². The Labute approximate surface area is 211 Å². The molecular weight excluding hydrogens is 480 g/mol. The summed E-state index contributed by atoms with van der Waals surface area (Å²) in [5.41, 5.74) is 2.69. The summed E-state index contributed by atoms with van der Waals surface area (Å²) in [5, 5.41) is 2.25. The van der Waals surface area contributed by atoms with Crippen LogP contribution in [-0.2, 0) is 29.1 Å². The lowest BCUT2D eigenvalue weighted by molar-refractivity contribution is 0.0526. The molecule has 0 saturated carbocycles. The first-order chi connectivity index (χ1) is 17.5. The molecule has 0 aliphatic heterocycles. The third-order valence-corrected chi connectivity index (χ3v) is 6.47. The second kappa shape index (κ2) is 11.7. The van der Waals surface area contributed by atoms with E-state index in [2.05, 4.69) is 9.97 Å². The van der Waals surface area contributed by atoms with Gasteiger partial charge in [0.05, 0.1) is 37.9 Å². The second-order valence-corrected chi connectivity index (χ2v) is 8.90. The van der Waals surface area contributed by atoms with Crippen LogP contribution in [0.4, 0.5) is 0 Å². The summed E-state index contributed by atoms with van der Waals surface area (Å²) in [4.78, 5) is 44.8. The Morgan fingerprint density at radius 1 is 1.06 bits per heavy atom. The van der Waals surface area contributed by atoms with E-state index in [0.717, 1.165) is 16.9 Å². The van der Waals surface area contributed by atoms with E-state index < -0.39 is 0 Å². The number of carbonyl (C=O) groups is 2. The number of hydrogen-bond donors (Lipinski definition) is 1. The maximum atomic E-state index is 12.8. The number of Topliss-reactive ketones (excluding diaryl/α,β-unsaturated/α-hetero) is 1. The highest BCUT2D eigenvalue weighted by molar-refractivity contribution is 7.16. The number of H-pyrrole nitrogens is 1. The molecule has 0 spiro atoms. The number of hydrogen-bond acceptors (Lipinski definition) is 8. The predicted molar refractivity (Wildman–Crippen MR) is 137 cm³/mol. The van der Waals surface area contributed by atoms with Crippen molar-refractivity contribution in [2.45, 2.75) is 33.0 Å². The Morgan fingerprint density at radius 2 is 1.86 bits per heavy atom. The van der Waals surface area contributed by atoms with E-state index in [1.54, 1.807) is 38.3 Å². The third-order valence-electron chi connectivity index (χ3n) is 5.55. The SMILES string of the molecule is CCOC(=O)c1ccc(COCc2csc3nc(C(=O)CCc4cccc(OC)c4)[nH]c(=O)c23)cc1. The molecule has 2 heterocycles. The number of rotatable bonds is 11. The number of nitrogens with one attached hydrogen (secondary N) is 1. The summed E-state index contributed by atoms with van der Waals surface area (Å²) in [6, 6.07) is 14.5. The molecule has 0 amide bonds. The molecule has 0 bridgehead atoms. The van der Waals surface area contributed by atoms with Crippen LogP contribution in [0.5, 0.6) is 5.75 Å². The molecule has 0 aliphatic carbocycles. The van der Waals surface area contributed by atoms with Crippen LogP contribution in [0.25, 0.3) is 10.2 Å². The molecular formula is C27H26N2O6S. The minimum atomic E-state index is -0.361. The van der Waals surface area contributed by atoms with Crippen LogP contribution in [-0.4, -0.2) is 35.4 Å². The number of ether oxygens (including phenoxy) is 3. The Bertz CT molecular complexity index is 1420. The molecule has 0 atom stereocenters. The van der Waals surface area contributed by atoms with Gasteiger partial charge in [0.1, 0.15) is 10.6 Å². The Balaban J connectivity index is 1.37. The van der Waals surface area contributed by atoms with Gasteiger partial charge in [-0.3, -0.25) is 9.59 Å². The first-order valence-electron chi connectivity index (χ1n) is 11.5. The number of thiophene rings is 1. The van der Waals surface area contributed by atoms with Gasteiger partial charge in [0.2, 0.25) is 0 Å². The molecule has 0 aliphatic rings.